The van der Waals surface area contributed by atoms with Crippen LogP contribution in [0.3, 0.4) is 0 Å². The monoisotopic (exact) mass is 408 g/mol. The fourth-order valence-electron chi connectivity index (χ4n) is 3.52. The molecule has 29 heavy (non-hydrogen) atoms. The summed E-state index contributed by atoms with van der Waals surface area (Å²) in [6, 6.07) is 9.70. The Morgan fingerprint density at radius 2 is 2.14 bits per heavy atom. The summed E-state index contributed by atoms with van der Waals surface area (Å²) in [5, 5.41) is 7.87. The van der Waals surface area contributed by atoms with Crippen LogP contribution in [0.25, 0.3) is 16.7 Å². The number of ether oxygens (including phenoxy) is 1. The van der Waals surface area contributed by atoms with Crippen LogP contribution in [0.4, 0.5) is 0 Å². The van der Waals surface area contributed by atoms with Crippen molar-refractivity contribution in [2.24, 2.45) is 0 Å². The molecule has 3 aromatic heterocycles. The number of aromatic amines is 1. The molecule has 8 nitrogen and oxygen atoms in total. The van der Waals surface area contributed by atoms with E-state index in [0.717, 1.165) is 22.9 Å². The maximum absolute atomic E-state index is 12.6. The number of nitrogens with zero attached hydrogens (tertiary/aromatic N) is 5. The zero-order valence-corrected chi connectivity index (χ0v) is 16.7. The van der Waals surface area contributed by atoms with Gasteiger partial charge in [0.2, 0.25) is 0 Å². The van der Waals surface area contributed by atoms with Gasteiger partial charge in [0.15, 0.2) is 5.65 Å². The van der Waals surface area contributed by atoms with E-state index < -0.39 is 0 Å². The van der Waals surface area contributed by atoms with Gasteiger partial charge in [0.05, 0.1) is 25.0 Å². The lowest BCUT2D eigenvalue weighted by atomic mass is 10.2. The van der Waals surface area contributed by atoms with Gasteiger partial charge in [-0.1, -0.05) is 18.2 Å². The van der Waals surface area contributed by atoms with E-state index in [-0.39, 0.29) is 11.7 Å². The van der Waals surface area contributed by atoms with Gasteiger partial charge in [0, 0.05) is 24.2 Å². The number of morpholine rings is 1. The molecule has 9 heteroatoms. The Kier molecular flexibility index (Phi) is 4.70. The molecule has 0 saturated carbocycles. The molecule has 0 bridgehead atoms. The molecular formula is C20H20N6O2S. The van der Waals surface area contributed by atoms with Crippen LogP contribution < -0.4 is 5.56 Å². The first-order chi connectivity index (χ1) is 14.2. The Labute approximate surface area is 170 Å². The molecule has 1 N–H and O–H groups in total. The van der Waals surface area contributed by atoms with Gasteiger partial charge in [-0.3, -0.25) is 9.69 Å². The summed E-state index contributed by atoms with van der Waals surface area (Å²) in [6.45, 7) is 4.64. The third-order valence-corrected chi connectivity index (χ3v) is 5.98. The molecule has 0 spiro atoms. The molecule has 4 heterocycles. The lowest BCUT2D eigenvalue weighted by Crippen LogP contribution is -2.38. The van der Waals surface area contributed by atoms with Crippen molar-refractivity contribution in [3.05, 3.63) is 68.8 Å². The molecule has 148 valence electrons. The molecular weight excluding hydrogens is 388 g/mol. The van der Waals surface area contributed by atoms with Gasteiger partial charge >= 0.3 is 0 Å². The van der Waals surface area contributed by atoms with Crippen LogP contribution in [0.2, 0.25) is 0 Å². The van der Waals surface area contributed by atoms with E-state index in [2.05, 4.69) is 20.0 Å². The van der Waals surface area contributed by atoms with Gasteiger partial charge in [0.25, 0.3) is 5.56 Å². The lowest BCUT2D eigenvalue weighted by molar-refractivity contribution is -0.0337. The summed E-state index contributed by atoms with van der Waals surface area (Å²) in [5.74, 6) is 0.621. The van der Waals surface area contributed by atoms with E-state index in [1.54, 1.807) is 22.2 Å². The molecule has 5 rings (SSSR count). The third-order valence-electron chi connectivity index (χ3n) is 4.92. The number of nitrogens with one attached hydrogen (secondary N) is 1. The molecule has 1 unspecified atom stereocenters. The summed E-state index contributed by atoms with van der Waals surface area (Å²) < 4.78 is 7.61. The minimum Gasteiger partial charge on any atom is -0.368 e. The van der Waals surface area contributed by atoms with E-state index in [4.69, 9.17) is 9.72 Å². The number of aromatic nitrogens is 5. The number of para-hydroxylation sites is 1. The molecule has 1 saturated heterocycles. The number of aryl methyl sites for hydroxylation is 1. The topological polar surface area (TPSA) is 88.9 Å². The standard InChI is InChI=1S/C20H20N6O2S/c1-13-12-29-20(22-13)16-10-25(7-8-28-16)11-17-23-18-15(19(27)24-17)9-21-26(18)14-5-3-2-4-6-14/h2-6,9,12,16H,7-8,10-11H2,1H3,(H,23,24,27). The van der Waals surface area contributed by atoms with Gasteiger partial charge in [-0.25, -0.2) is 14.6 Å². The highest BCUT2D eigenvalue weighted by molar-refractivity contribution is 7.09. The van der Waals surface area contributed by atoms with Gasteiger partial charge in [-0.15, -0.1) is 11.3 Å². The average Bonchev–Trinajstić information content (AvgIpc) is 3.36. The summed E-state index contributed by atoms with van der Waals surface area (Å²) in [6.07, 6.45) is 1.51. The molecule has 4 aromatic rings. The number of thiazole rings is 1. The first-order valence-corrected chi connectivity index (χ1v) is 10.3. The van der Waals surface area contributed by atoms with Gasteiger partial charge in [0.1, 0.15) is 22.3 Å². The van der Waals surface area contributed by atoms with Crippen molar-refractivity contribution >= 4 is 22.4 Å². The largest absolute Gasteiger partial charge is 0.368 e. The Bertz CT molecular complexity index is 1200. The molecule has 0 amide bonds. The molecule has 1 aliphatic heterocycles. The smallest absolute Gasteiger partial charge is 0.262 e. The molecule has 0 aliphatic carbocycles. The fraction of sp³-hybridized carbons (Fsp3) is 0.300. The summed E-state index contributed by atoms with van der Waals surface area (Å²) in [7, 11) is 0. The van der Waals surface area contributed by atoms with Crippen molar-refractivity contribution in [1.29, 1.82) is 0 Å². The van der Waals surface area contributed by atoms with E-state index in [0.29, 0.717) is 36.6 Å². The Balaban J connectivity index is 1.42. The van der Waals surface area contributed by atoms with Crippen molar-refractivity contribution in [2.45, 2.75) is 19.6 Å². The second-order valence-electron chi connectivity index (χ2n) is 7.06. The second kappa shape index (κ2) is 7.51. The maximum Gasteiger partial charge on any atom is 0.262 e. The Morgan fingerprint density at radius 3 is 2.93 bits per heavy atom. The highest BCUT2D eigenvalue weighted by Gasteiger charge is 2.25. The maximum atomic E-state index is 12.6. The van der Waals surface area contributed by atoms with E-state index in [9.17, 15) is 4.79 Å². The van der Waals surface area contributed by atoms with Crippen LogP contribution in [-0.2, 0) is 11.3 Å². The van der Waals surface area contributed by atoms with Crippen LogP contribution in [-0.4, -0.2) is 49.3 Å². The van der Waals surface area contributed by atoms with Crippen molar-refractivity contribution in [2.75, 3.05) is 19.7 Å². The molecule has 1 aromatic carbocycles. The Hall–Kier alpha value is -2.88. The number of rotatable bonds is 4. The highest BCUT2D eigenvalue weighted by Crippen LogP contribution is 2.25. The minimum absolute atomic E-state index is 0.0484. The predicted octanol–water partition coefficient (Wildman–Crippen LogP) is 2.45. The van der Waals surface area contributed by atoms with Crippen LogP contribution in [0.1, 0.15) is 22.6 Å². The minimum atomic E-state index is -0.174. The summed E-state index contributed by atoms with van der Waals surface area (Å²) in [4.78, 5) is 27.0. The highest BCUT2D eigenvalue weighted by atomic mass is 32.1. The van der Waals surface area contributed by atoms with Crippen LogP contribution in [0, 0.1) is 6.92 Å². The quantitative estimate of drug-likeness (QED) is 0.558. The van der Waals surface area contributed by atoms with Crippen molar-refractivity contribution in [3.63, 3.8) is 0 Å². The molecule has 1 atom stereocenters. The first kappa shape index (κ1) is 18.2. The van der Waals surface area contributed by atoms with Crippen molar-refractivity contribution in [1.82, 2.24) is 29.6 Å². The summed E-state index contributed by atoms with van der Waals surface area (Å²) in [5.41, 5.74) is 2.27. The van der Waals surface area contributed by atoms with Crippen LogP contribution >= 0.6 is 11.3 Å². The number of fused-ring (bicyclic) bond motifs is 1. The van der Waals surface area contributed by atoms with Crippen LogP contribution in [0.15, 0.2) is 46.7 Å². The second-order valence-corrected chi connectivity index (χ2v) is 7.95. The van der Waals surface area contributed by atoms with Crippen molar-refractivity contribution < 1.29 is 4.74 Å². The van der Waals surface area contributed by atoms with E-state index in [1.165, 1.54) is 0 Å². The Morgan fingerprint density at radius 1 is 1.28 bits per heavy atom. The SMILES string of the molecule is Cc1csc(C2CN(Cc3nc4c(cnn4-c4ccccc4)c(=O)[nH]3)CCO2)n1. The zero-order valence-electron chi connectivity index (χ0n) is 15.9. The molecule has 1 aliphatic rings. The zero-order chi connectivity index (χ0) is 19.8. The first-order valence-electron chi connectivity index (χ1n) is 9.46. The van der Waals surface area contributed by atoms with Gasteiger partial charge in [-0.2, -0.15) is 5.10 Å². The van der Waals surface area contributed by atoms with E-state index >= 15 is 0 Å². The third kappa shape index (κ3) is 3.59. The molecule has 1 fully saturated rings. The van der Waals surface area contributed by atoms with Gasteiger partial charge in [-0.05, 0) is 19.1 Å². The average molecular weight is 408 g/mol. The normalized spacial score (nSPS) is 17.8. The lowest BCUT2D eigenvalue weighted by Gasteiger charge is -2.31. The number of hydrogen-bond donors (Lipinski definition) is 1. The van der Waals surface area contributed by atoms with Crippen molar-refractivity contribution in [3.8, 4) is 5.69 Å². The fourth-order valence-corrected chi connectivity index (χ4v) is 4.36. The number of H-pyrrole nitrogens is 1. The van der Waals surface area contributed by atoms with E-state index in [1.807, 2.05) is 42.6 Å². The van der Waals surface area contributed by atoms with Crippen LogP contribution in [0.5, 0.6) is 0 Å². The number of benzene rings is 1. The van der Waals surface area contributed by atoms with Gasteiger partial charge < -0.3 is 9.72 Å². The summed E-state index contributed by atoms with van der Waals surface area (Å²) >= 11 is 1.62. The predicted molar refractivity (Wildman–Crippen MR) is 110 cm³/mol. The number of hydrogen-bond acceptors (Lipinski definition) is 7. The molecule has 0 radical (unpaired) electrons.